The quantitative estimate of drug-likeness (QED) is 0.688. The second-order valence-corrected chi connectivity index (χ2v) is 2.65. The number of hydrogen-bond donors (Lipinski definition) is 0. The number of hydrogen-bond acceptors (Lipinski definition) is 3. The fraction of sp³-hybridized carbons (Fsp3) is 0.273. The second kappa shape index (κ2) is 5.17. The molecular formula is C11H14O3. The van der Waals surface area contributed by atoms with Crippen LogP contribution in [-0.2, 0) is 4.74 Å². The molecule has 1 aromatic rings. The van der Waals surface area contributed by atoms with Gasteiger partial charge in [-0.25, -0.2) is 0 Å². The topological polar surface area (TPSA) is 27.7 Å². The molecule has 0 radical (unpaired) electrons. The summed E-state index contributed by atoms with van der Waals surface area (Å²) in [5, 5.41) is 0. The van der Waals surface area contributed by atoms with Crippen molar-refractivity contribution in [2.24, 2.45) is 0 Å². The lowest BCUT2D eigenvalue weighted by atomic mass is 10.2. The zero-order valence-electron chi connectivity index (χ0n) is 8.61. The van der Waals surface area contributed by atoms with Crippen LogP contribution >= 0.6 is 0 Å². The molecule has 0 aromatic heterocycles. The molecule has 0 saturated carbocycles. The number of rotatable bonds is 4. The molecule has 0 bridgehead atoms. The van der Waals surface area contributed by atoms with E-state index in [1.807, 2.05) is 24.3 Å². The molecule has 1 aromatic carbocycles. The Kier molecular flexibility index (Phi) is 3.85. The Hall–Kier alpha value is -1.64. The van der Waals surface area contributed by atoms with Crippen molar-refractivity contribution >= 4 is 6.08 Å². The van der Waals surface area contributed by atoms with Crippen LogP contribution in [0.15, 0.2) is 24.5 Å². The van der Waals surface area contributed by atoms with E-state index < -0.39 is 0 Å². The van der Waals surface area contributed by atoms with Gasteiger partial charge >= 0.3 is 0 Å². The van der Waals surface area contributed by atoms with Crippen LogP contribution in [0.25, 0.3) is 6.08 Å². The molecule has 76 valence electrons. The fourth-order valence-electron chi connectivity index (χ4n) is 1.11. The molecule has 0 N–H and O–H groups in total. The van der Waals surface area contributed by atoms with Crippen LogP contribution in [0.2, 0.25) is 0 Å². The molecule has 0 unspecified atom stereocenters. The normalized spacial score (nSPS) is 10.2. The summed E-state index contributed by atoms with van der Waals surface area (Å²) in [5.74, 6) is 1.58. The van der Waals surface area contributed by atoms with Crippen LogP contribution in [0.3, 0.4) is 0 Å². The van der Waals surface area contributed by atoms with E-state index in [4.69, 9.17) is 14.2 Å². The van der Waals surface area contributed by atoms with E-state index in [9.17, 15) is 0 Å². The zero-order chi connectivity index (χ0) is 10.4. The first-order valence-corrected chi connectivity index (χ1v) is 4.23. The molecule has 3 nitrogen and oxygen atoms in total. The Bertz CT molecular complexity index is 318. The van der Waals surface area contributed by atoms with Crippen LogP contribution in [0.5, 0.6) is 11.5 Å². The van der Waals surface area contributed by atoms with Gasteiger partial charge in [0.15, 0.2) is 0 Å². The Labute approximate surface area is 83.9 Å². The maximum atomic E-state index is 5.18. The van der Waals surface area contributed by atoms with Gasteiger partial charge in [0.2, 0.25) is 0 Å². The van der Waals surface area contributed by atoms with Crippen molar-refractivity contribution in [1.82, 2.24) is 0 Å². The van der Waals surface area contributed by atoms with Gasteiger partial charge in [-0.05, 0) is 24.3 Å². The van der Waals surface area contributed by atoms with E-state index in [1.54, 1.807) is 27.6 Å². The molecule has 0 fully saturated rings. The van der Waals surface area contributed by atoms with Gasteiger partial charge < -0.3 is 14.2 Å². The summed E-state index contributed by atoms with van der Waals surface area (Å²) < 4.78 is 15.1. The third-order valence-electron chi connectivity index (χ3n) is 1.82. The molecule has 0 heterocycles. The van der Waals surface area contributed by atoms with Crippen LogP contribution in [-0.4, -0.2) is 21.3 Å². The standard InChI is InChI=1S/C11H14O3/c1-12-7-6-9-8-10(13-2)4-5-11(9)14-3/h4-8H,1-3H3. The van der Waals surface area contributed by atoms with Crippen LogP contribution in [0, 0.1) is 0 Å². The minimum Gasteiger partial charge on any atom is -0.504 e. The second-order valence-electron chi connectivity index (χ2n) is 2.65. The average molecular weight is 194 g/mol. The maximum Gasteiger partial charge on any atom is 0.126 e. The predicted molar refractivity (Wildman–Crippen MR) is 55.6 cm³/mol. The highest BCUT2D eigenvalue weighted by molar-refractivity contribution is 5.59. The number of ether oxygens (including phenoxy) is 3. The molecule has 1 rings (SSSR count). The van der Waals surface area contributed by atoms with E-state index in [1.165, 1.54) is 0 Å². The minimum atomic E-state index is 0.791. The summed E-state index contributed by atoms with van der Waals surface area (Å²) in [7, 11) is 4.86. The molecule has 0 spiro atoms. The predicted octanol–water partition coefficient (Wildman–Crippen LogP) is 2.32. The molecular weight excluding hydrogens is 180 g/mol. The van der Waals surface area contributed by atoms with Gasteiger partial charge in [-0.3, -0.25) is 0 Å². The van der Waals surface area contributed by atoms with E-state index in [2.05, 4.69) is 0 Å². The lowest BCUT2D eigenvalue weighted by Gasteiger charge is -2.06. The smallest absolute Gasteiger partial charge is 0.126 e. The largest absolute Gasteiger partial charge is 0.504 e. The first-order valence-electron chi connectivity index (χ1n) is 4.23. The molecule has 0 aliphatic heterocycles. The first-order chi connectivity index (χ1) is 6.81. The highest BCUT2D eigenvalue weighted by Gasteiger charge is 2.01. The summed E-state index contributed by atoms with van der Waals surface area (Å²) in [4.78, 5) is 0. The number of methoxy groups -OCH3 is 3. The lowest BCUT2D eigenvalue weighted by molar-refractivity contribution is 0.341. The van der Waals surface area contributed by atoms with Gasteiger partial charge in [0.05, 0.1) is 27.6 Å². The molecule has 0 amide bonds. The van der Waals surface area contributed by atoms with Crippen molar-refractivity contribution < 1.29 is 14.2 Å². The van der Waals surface area contributed by atoms with Crippen LogP contribution < -0.4 is 9.47 Å². The van der Waals surface area contributed by atoms with E-state index in [-0.39, 0.29) is 0 Å². The van der Waals surface area contributed by atoms with Crippen LogP contribution in [0.4, 0.5) is 0 Å². The summed E-state index contributed by atoms with van der Waals surface area (Å²) >= 11 is 0. The Morgan fingerprint density at radius 3 is 2.43 bits per heavy atom. The third-order valence-corrected chi connectivity index (χ3v) is 1.82. The Morgan fingerprint density at radius 2 is 1.86 bits per heavy atom. The van der Waals surface area contributed by atoms with Crippen molar-refractivity contribution in [1.29, 1.82) is 0 Å². The minimum absolute atomic E-state index is 0.791. The first kappa shape index (κ1) is 10.4. The molecule has 0 aliphatic carbocycles. The Balaban J connectivity index is 3.02. The van der Waals surface area contributed by atoms with E-state index in [0.717, 1.165) is 17.1 Å². The molecule has 0 atom stereocenters. The molecule has 0 aliphatic rings. The monoisotopic (exact) mass is 194 g/mol. The van der Waals surface area contributed by atoms with Crippen molar-refractivity contribution in [3.8, 4) is 11.5 Å². The molecule has 14 heavy (non-hydrogen) atoms. The van der Waals surface area contributed by atoms with Gasteiger partial charge in [0.25, 0.3) is 0 Å². The van der Waals surface area contributed by atoms with Crippen molar-refractivity contribution in [2.45, 2.75) is 0 Å². The van der Waals surface area contributed by atoms with Crippen molar-refractivity contribution in [3.05, 3.63) is 30.0 Å². The van der Waals surface area contributed by atoms with Crippen molar-refractivity contribution in [2.75, 3.05) is 21.3 Å². The highest BCUT2D eigenvalue weighted by atomic mass is 16.5. The van der Waals surface area contributed by atoms with Gasteiger partial charge in [-0.1, -0.05) is 0 Å². The van der Waals surface area contributed by atoms with Gasteiger partial charge in [-0.2, -0.15) is 0 Å². The zero-order valence-corrected chi connectivity index (χ0v) is 8.61. The molecule has 0 saturated heterocycles. The highest BCUT2D eigenvalue weighted by Crippen LogP contribution is 2.24. The van der Waals surface area contributed by atoms with Crippen LogP contribution in [0.1, 0.15) is 5.56 Å². The summed E-state index contributed by atoms with van der Waals surface area (Å²) in [6, 6.07) is 5.59. The van der Waals surface area contributed by atoms with Crippen molar-refractivity contribution in [3.63, 3.8) is 0 Å². The average Bonchev–Trinajstić information content (AvgIpc) is 2.25. The summed E-state index contributed by atoms with van der Waals surface area (Å²) in [5.41, 5.74) is 0.925. The lowest BCUT2D eigenvalue weighted by Crippen LogP contribution is -1.89. The Morgan fingerprint density at radius 1 is 1.07 bits per heavy atom. The fourth-order valence-corrected chi connectivity index (χ4v) is 1.11. The summed E-state index contributed by atoms with van der Waals surface area (Å²) in [6.07, 6.45) is 3.42. The van der Waals surface area contributed by atoms with E-state index in [0.29, 0.717) is 0 Å². The SMILES string of the molecule is COC=Cc1cc(OC)ccc1OC. The van der Waals surface area contributed by atoms with Gasteiger partial charge in [0.1, 0.15) is 11.5 Å². The molecule has 3 heteroatoms. The van der Waals surface area contributed by atoms with E-state index >= 15 is 0 Å². The summed E-state index contributed by atoms with van der Waals surface area (Å²) in [6.45, 7) is 0. The maximum absolute atomic E-state index is 5.18. The van der Waals surface area contributed by atoms with Gasteiger partial charge in [0, 0.05) is 5.56 Å². The third kappa shape index (κ3) is 2.42. The van der Waals surface area contributed by atoms with Gasteiger partial charge in [-0.15, -0.1) is 0 Å². The number of benzene rings is 1.